The number of primary amides is 1. The summed E-state index contributed by atoms with van der Waals surface area (Å²) in [5.74, 6) is 0.195. The van der Waals surface area contributed by atoms with Gasteiger partial charge in [-0.15, -0.1) is 0 Å². The summed E-state index contributed by atoms with van der Waals surface area (Å²) >= 11 is 0. The van der Waals surface area contributed by atoms with Crippen LogP contribution in [0.1, 0.15) is 27.6 Å². The third-order valence-corrected chi connectivity index (χ3v) is 5.13. The number of nitrogens with zero attached hydrogens (tertiary/aromatic N) is 2. The minimum Gasteiger partial charge on any atom is -0.493 e. The van der Waals surface area contributed by atoms with Gasteiger partial charge in [0.25, 0.3) is 5.91 Å². The molecule has 3 rings (SSSR count). The molecule has 0 spiro atoms. The van der Waals surface area contributed by atoms with Gasteiger partial charge in [0.15, 0.2) is 11.5 Å². The Labute approximate surface area is 180 Å². The molecule has 1 heterocycles. The Morgan fingerprint density at radius 1 is 0.903 bits per heavy atom. The topological polar surface area (TPSA) is 114 Å². The molecule has 0 saturated carbocycles. The molecule has 1 saturated heterocycles. The van der Waals surface area contributed by atoms with E-state index < -0.39 is 5.91 Å². The van der Waals surface area contributed by atoms with Crippen LogP contribution in [-0.2, 0) is 4.79 Å². The van der Waals surface area contributed by atoms with E-state index in [0.717, 1.165) is 0 Å². The van der Waals surface area contributed by atoms with Gasteiger partial charge in [0.05, 0.1) is 25.6 Å². The number of benzene rings is 2. The van der Waals surface area contributed by atoms with E-state index in [-0.39, 0.29) is 11.8 Å². The van der Waals surface area contributed by atoms with Crippen molar-refractivity contribution in [2.24, 2.45) is 5.73 Å². The predicted molar refractivity (Wildman–Crippen MR) is 117 cm³/mol. The first-order valence-corrected chi connectivity index (χ1v) is 9.81. The van der Waals surface area contributed by atoms with Crippen molar-refractivity contribution in [2.45, 2.75) is 6.92 Å². The number of nitrogens with two attached hydrogens (primary N) is 1. The molecule has 0 bridgehead atoms. The highest BCUT2D eigenvalue weighted by molar-refractivity contribution is 5.98. The second kappa shape index (κ2) is 9.38. The van der Waals surface area contributed by atoms with Crippen LogP contribution in [0.25, 0.3) is 0 Å². The number of rotatable bonds is 6. The maximum Gasteiger partial charge on any atom is 0.254 e. The number of carbonyl (C=O) groups excluding carboxylic acids is 3. The molecule has 31 heavy (non-hydrogen) atoms. The van der Waals surface area contributed by atoms with Gasteiger partial charge in [-0.2, -0.15) is 0 Å². The van der Waals surface area contributed by atoms with Crippen molar-refractivity contribution in [3.8, 4) is 11.5 Å². The molecule has 9 heteroatoms. The van der Waals surface area contributed by atoms with Crippen molar-refractivity contribution >= 4 is 29.1 Å². The molecule has 164 valence electrons. The molecule has 0 aliphatic carbocycles. The second-order valence-electron chi connectivity index (χ2n) is 7.13. The van der Waals surface area contributed by atoms with Crippen molar-refractivity contribution < 1.29 is 23.9 Å². The summed E-state index contributed by atoms with van der Waals surface area (Å²) in [5, 5.41) is 2.78. The zero-order valence-corrected chi connectivity index (χ0v) is 17.8. The van der Waals surface area contributed by atoms with Gasteiger partial charge in [-0.05, 0) is 36.4 Å². The zero-order chi connectivity index (χ0) is 22.5. The van der Waals surface area contributed by atoms with Crippen LogP contribution in [0.5, 0.6) is 11.5 Å². The minimum absolute atomic E-state index is 0.103. The first kappa shape index (κ1) is 21.9. The highest BCUT2D eigenvalue weighted by Gasteiger charge is 2.25. The Morgan fingerprint density at radius 3 is 2.13 bits per heavy atom. The molecular formula is C22H26N4O5. The van der Waals surface area contributed by atoms with E-state index in [9.17, 15) is 14.4 Å². The Bertz CT molecular complexity index is 999. The Balaban J connectivity index is 1.76. The lowest BCUT2D eigenvalue weighted by Gasteiger charge is -2.37. The van der Waals surface area contributed by atoms with Crippen LogP contribution in [-0.4, -0.2) is 63.0 Å². The minimum atomic E-state index is -0.544. The number of anilines is 2. The van der Waals surface area contributed by atoms with Crippen molar-refractivity contribution in [1.82, 2.24) is 4.90 Å². The largest absolute Gasteiger partial charge is 0.493 e. The molecule has 1 fully saturated rings. The summed E-state index contributed by atoms with van der Waals surface area (Å²) in [5.41, 5.74) is 7.58. The van der Waals surface area contributed by atoms with Crippen LogP contribution in [0, 0.1) is 0 Å². The van der Waals surface area contributed by atoms with E-state index in [4.69, 9.17) is 15.2 Å². The summed E-state index contributed by atoms with van der Waals surface area (Å²) in [7, 11) is 3.07. The Kier molecular flexibility index (Phi) is 6.64. The van der Waals surface area contributed by atoms with Gasteiger partial charge in [-0.25, -0.2) is 0 Å². The summed E-state index contributed by atoms with van der Waals surface area (Å²) < 4.78 is 10.5. The first-order chi connectivity index (χ1) is 14.8. The summed E-state index contributed by atoms with van der Waals surface area (Å²) in [6.45, 7) is 3.45. The fourth-order valence-corrected chi connectivity index (χ4v) is 3.54. The third kappa shape index (κ3) is 4.88. The van der Waals surface area contributed by atoms with Crippen LogP contribution in [0.2, 0.25) is 0 Å². The summed E-state index contributed by atoms with van der Waals surface area (Å²) in [6.07, 6.45) is 0. The Morgan fingerprint density at radius 2 is 1.55 bits per heavy atom. The standard InChI is InChI=1S/C22H26N4O5/c1-14(27)24-17-6-4-15(21(23)28)12-18(17)25-8-10-26(11-9-25)22(29)16-5-7-19(30-2)20(13-16)31-3/h4-7,12-13H,8-11H2,1-3H3,(H2,23,28)(H,24,27). The van der Waals surface area contributed by atoms with Gasteiger partial charge in [0, 0.05) is 44.2 Å². The van der Waals surface area contributed by atoms with Crippen molar-refractivity contribution in [2.75, 3.05) is 50.6 Å². The van der Waals surface area contributed by atoms with Crippen LogP contribution in [0.4, 0.5) is 11.4 Å². The van der Waals surface area contributed by atoms with Crippen LogP contribution >= 0.6 is 0 Å². The number of nitrogens with one attached hydrogen (secondary N) is 1. The highest BCUT2D eigenvalue weighted by atomic mass is 16.5. The number of methoxy groups -OCH3 is 2. The monoisotopic (exact) mass is 426 g/mol. The Hall–Kier alpha value is -3.75. The molecule has 3 N–H and O–H groups in total. The number of carbonyl (C=O) groups is 3. The molecule has 9 nitrogen and oxygen atoms in total. The predicted octanol–water partition coefficient (Wildman–Crippen LogP) is 1.72. The van der Waals surface area contributed by atoms with E-state index >= 15 is 0 Å². The molecule has 1 aliphatic rings. The van der Waals surface area contributed by atoms with Crippen molar-refractivity contribution in [3.05, 3.63) is 47.5 Å². The summed E-state index contributed by atoms with van der Waals surface area (Å²) in [6, 6.07) is 9.99. The van der Waals surface area contributed by atoms with Crippen LogP contribution in [0.3, 0.4) is 0 Å². The zero-order valence-electron chi connectivity index (χ0n) is 17.8. The lowest BCUT2D eigenvalue weighted by atomic mass is 10.1. The molecular weight excluding hydrogens is 400 g/mol. The molecule has 0 radical (unpaired) electrons. The summed E-state index contributed by atoms with van der Waals surface area (Å²) in [4.78, 5) is 39.9. The third-order valence-electron chi connectivity index (χ3n) is 5.13. The van der Waals surface area contributed by atoms with Crippen LogP contribution in [0.15, 0.2) is 36.4 Å². The van der Waals surface area contributed by atoms with E-state index in [1.807, 2.05) is 4.90 Å². The van der Waals surface area contributed by atoms with Crippen molar-refractivity contribution in [3.63, 3.8) is 0 Å². The molecule has 2 aromatic rings. The maximum absolute atomic E-state index is 13.0. The van der Waals surface area contributed by atoms with E-state index in [1.165, 1.54) is 14.0 Å². The molecule has 0 unspecified atom stereocenters. The number of hydrogen-bond donors (Lipinski definition) is 2. The van der Waals surface area contributed by atoms with Gasteiger partial charge in [-0.1, -0.05) is 0 Å². The van der Waals surface area contributed by atoms with E-state index in [1.54, 1.807) is 48.4 Å². The first-order valence-electron chi connectivity index (χ1n) is 9.81. The average molecular weight is 426 g/mol. The highest BCUT2D eigenvalue weighted by Crippen LogP contribution is 2.30. The lowest BCUT2D eigenvalue weighted by Crippen LogP contribution is -2.49. The molecule has 0 aromatic heterocycles. The van der Waals surface area contributed by atoms with Gasteiger partial charge >= 0.3 is 0 Å². The second-order valence-corrected chi connectivity index (χ2v) is 7.13. The fraction of sp³-hybridized carbons (Fsp3) is 0.318. The van der Waals surface area contributed by atoms with Gasteiger partial charge in [0.2, 0.25) is 11.8 Å². The van der Waals surface area contributed by atoms with Gasteiger partial charge in [-0.3, -0.25) is 14.4 Å². The molecule has 3 amide bonds. The normalized spacial score (nSPS) is 13.5. The number of hydrogen-bond acceptors (Lipinski definition) is 6. The lowest BCUT2D eigenvalue weighted by molar-refractivity contribution is -0.114. The van der Waals surface area contributed by atoms with Gasteiger partial charge < -0.3 is 30.3 Å². The number of amides is 3. The van der Waals surface area contributed by atoms with E-state index in [2.05, 4.69) is 5.32 Å². The van der Waals surface area contributed by atoms with Crippen LogP contribution < -0.4 is 25.4 Å². The van der Waals surface area contributed by atoms with E-state index in [0.29, 0.717) is 60.2 Å². The SMILES string of the molecule is COc1ccc(C(=O)N2CCN(c3cc(C(N)=O)ccc3NC(C)=O)CC2)cc1OC. The molecule has 0 atom stereocenters. The number of piperazine rings is 1. The smallest absolute Gasteiger partial charge is 0.254 e. The molecule has 2 aromatic carbocycles. The number of ether oxygens (including phenoxy) is 2. The fourth-order valence-electron chi connectivity index (χ4n) is 3.54. The van der Waals surface area contributed by atoms with Gasteiger partial charge in [0.1, 0.15) is 0 Å². The maximum atomic E-state index is 13.0. The molecule has 1 aliphatic heterocycles. The quantitative estimate of drug-likeness (QED) is 0.727. The van der Waals surface area contributed by atoms with Crippen molar-refractivity contribution in [1.29, 1.82) is 0 Å². The average Bonchev–Trinajstić information content (AvgIpc) is 2.78.